The van der Waals surface area contributed by atoms with Crippen LogP contribution in [0.25, 0.3) is 0 Å². The fourth-order valence-corrected chi connectivity index (χ4v) is 1.06. The largest absolute Gasteiger partial charge is 0.477 e. The number of amides is 1. The van der Waals surface area contributed by atoms with Crippen LogP contribution in [-0.4, -0.2) is 28.8 Å². The number of hydrogen-bond donors (Lipinski definition) is 3. The Morgan fingerprint density at radius 2 is 2.29 bits per heavy atom. The first kappa shape index (κ1) is 12.5. The Morgan fingerprint density at radius 1 is 1.59 bits per heavy atom. The van der Waals surface area contributed by atoms with Crippen molar-refractivity contribution in [2.75, 3.05) is 11.9 Å². The first-order valence-corrected chi connectivity index (χ1v) is 4.56. The van der Waals surface area contributed by atoms with E-state index in [-0.39, 0.29) is 12.4 Å². The molecule has 0 aliphatic heterocycles. The van der Waals surface area contributed by atoms with E-state index >= 15 is 0 Å². The van der Waals surface area contributed by atoms with E-state index in [9.17, 15) is 14.4 Å². The first-order valence-electron chi connectivity index (χ1n) is 4.56. The first-order chi connectivity index (χ1) is 8.06. The van der Waals surface area contributed by atoms with Crippen LogP contribution in [0.1, 0.15) is 10.4 Å². The lowest BCUT2D eigenvalue weighted by atomic mass is 10.2. The molecule has 0 aromatic carbocycles. The van der Waals surface area contributed by atoms with Gasteiger partial charge in [-0.15, -0.1) is 0 Å². The number of carboxylic acid groups (broad SMARTS) is 1. The van der Waals surface area contributed by atoms with Gasteiger partial charge in [0.2, 0.25) is 0 Å². The monoisotopic (exact) mass is 238 g/mol. The number of aromatic carboxylic acids is 1. The molecular weight excluding hydrogens is 228 g/mol. The predicted molar refractivity (Wildman–Crippen MR) is 59.2 cm³/mol. The molecule has 1 aromatic rings. The van der Waals surface area contributed by atoms with Crippen molar-refractivity contribution in [3.8, 4) is 0 Å². The van der Waals surface area contributed by atoms with Crippen LogP contribution in [-0.2, 0) is 4.74 Å². The van der Waals surface area contributed by atoms with Gasteiger partial charge in [-0.25, -0.2) is 9.59 Å². The van der Waals surface area contributed by atoms with Gasteiger partial charge < -0.3 is 14.8 Å². The SMILES string of the molecule is C=CCOC(=O)Nc1[nH]ccc(=O)c1C(=O)O. The van der Waals surface area contributed by atoms with Crippen LogP contribution in [0.2, 0.25) is 0 Å². The van der Waals surface area contributed by atoms with Crippen LogP contribution >= 0.6 is 0 Å². The van der Waals surface area contributed by atoms with Gasteiger partial charge in [-0.1, -0.05) is 12.7 Å². The summed E-state index contributed by atoms with van der Waals surface area (Å²) < 4.78 is 4.59. The molecule has 1 amide bonds. The Morgan fingerprint density at radius 3 is 2.88 bits per heavy atom. The van der Waals surface area contributed by atoms with Gasteiger partial charge in [0.05, 0.1) is 0 Å². The van der Waals surface area contributed by atoms with Crippen molar-refractivity contribution in [1.82, 2.24) is 4.98 Å². The lowest BCUT2D eigenvalue weighted by molar-refractivity contribution is 0.0696. The zero-order valence-electron chi connectivity index (χ0n) is 8.73. The van der Waals surface area contributed by atoms with Crippen molar-refractivity contribution >= 4 is 17.9 Å². The lowest BCUT2D eigenvalue weighted by Gasteiger charge is -2.07. The number of carbonyl (C=O) groups excluding carboxylic acids is 1. The maximum Gasteiger partial charge on any atom is 0.413 e. The zero-order chi connectivity index (χ0) is 12.8. The maximum absolute atomic E-state index is 11.3. The molecular formula is C10H10N2O5. The maximum atomic E-state index is 11.3. The molecule has 1 heterocycles. The molecule has 0 saturated heterocycles. The molecule has 1 rings (SSSR count). The summed E-state index contributed by atoms with van der Waals surface area (Å²) in [5.74, 6) is -1.66. The lowest BCUT2D eigenvalue weighted by Crippen LogP contribution is -2.22. The number of carboxylic acids is 1. The fraction of sp³-hybridized carbons (Fsp3) is 0.100. The Labute approximate surface area is 95.7 Å². The van der Waals surface area contributed by atoms with Gasteiger partial charge >= 0.3 is 12.1 Å². The second kappa shape index (κ2) is 5.50. The van der Waals surface area contributed by atoms with Crippen molar-refractivity contribution < 1.29 is 19.4 Å². The van der Waals surface area contributed by atoms with Gasteiger partial charge in [0.15, 0.2) is 5.43 Å². The Bertz CT molecular complexity index is 506. The van der Waals surface area contributed by atoms with Gasteiger partial charge in [-0.3, -0.25) is 10.1 Å². The minimum Gasteiger partial charge on any atom is -0.477 e. The summed E-state index contributed by atoms with van der Waals surface area (Å²) in [5, 5.41) is 10.9. The Hall–Kier alpha value is -2.57. The summed E-state index contributed by atoms with van der Waals surface area (Å²) in [6.45, 7) is 3.32. The van der Waals surface area contributed by atoms with E-state index in [1.807, 2.05) is 0 Å². The van der Waals surface area contributed by atoms with Crippen LogP contribution in [0.15, 0.2) is 29.7 Å². The smallest absolute Gasteiger partial charge is 0.413 e. The third-order valence-electron chi connectivity index (χ3n) is 1.73. The van der Waals surface area contributed by atoms with E-state index in [2.05, 4.69) is 21.6 Å². The van der Waals surface area contributed by atoms with Gasteiger partial charge in [0, 0.05) is 12.3 Å². The minimum atomic E-state index is -1.44. The van der Waals surface area contributed by atoms with E-state index in [4.69, 9.17) is 5.11 Å². The molecule has 0 fully saturated rings. The van der Waals surface area contributed by atoms with E-state index in [1.165, 1.54) is 12.3 Å². The molecule has 0 aliphatic rings. The molecule has 0 spiro atoms. The Balaban J connectivity index is 2.95. The van der Waals surface area contributed by atoms with E-state index in [0.29, 0.717) is 0 Å². The number of hydrogen-bond acceptors (Lipinski definition) is 4. The molecule has 0 atom stereocenters. The van der Waals surface area contributed by atoms with Crippen molar-refractivity contribution in [2.45, 2.75) is 0 Å². The molecule has 90 valence electrons. The standard InChI is InChI=1S/C10H10N2O5/c1-2-5-17-10(16)12-8-7(9(14)15)6(13)3-4-11-8/h2-4H,1,5H2,(H,14,15)(H2,11,12,13,16). The van der Waals surface area contributed by atoms with E-state index in [1.54, 1.807) is 0 Å². The molecule has 0 aliphatic carbocycles. The van der Waals surface area contributed by atoms with Crippen LogP contribution in [0.3, 0.4) is 0 Å². The van der Waals surface area contributed by atoms with Gasteiger partial charge in [-0.05, 0) is 0 Å². The minimum absolute atomic E-state index is 0.0225. The van der Waals surface area contributed by atoms with E-state index in [0.717, 1.165) is 6.07 Å². The highest BCUT2D eigenvalue weighted by molar-refractivity contribution is 5.97. The Kier molecular flexibility index (Phi) is 4.04. The number of carbonyl (C=O) groups is 2. The number of ether oxygens (including phenoxy) is 1. The van der Waals surface area contributed by atoms with Crippen molar-refractivity contribution in [1.29, 1.82) is 0 Å². The van der Waals surface area contributed by atoms with Crippen LogP contribution in [0.4, 0.5) is 10.6 Å². The molecule has 7 heteroatoms. The van der Waals surface area contributed by atoms with Gasteiger partial charge in [0.1, 0.15) is 18.0 Å². The van der Waals surface area contributed by atoms with Crippen molar-refractivity contribution in [2.24, 2.45) is 0 Å². The average Bonchev–Trinajstić information content (AvgIpc) is 2.25. The average molecular weight is 238 g/mol. The van der Waals surface area contributed by atoms with E-state index < -0.39 is 23.1 Å². The summed E-state index contributed by atoms with van der Waals surface area (Å²) in [6.07, 6.45) is 1.69. The summed E-state index contributed by atoms with van der Waals surface area (Å²) in [6, 6.07) is 1.05. The molecule has 0 radical (unpaired) electrons. The highest BCUT2D eigenvalue weighted by atomic mass is 16.5. The highest BCUT2D eigenvalue weighted by Crippen LogP contribution is 2.07. The number of anilines is 1. The normalized spacial score (nSPS) is 9.41. The van der Waals surface area contributed by atoms with Crippen LogP contribution < -0.4 is 10.7 Å². The van der Waals surface area contributed by atoms with Crippen molar-refractivity contribution in [3.63, 3.8) is 0 Å². The third kappa shape index (κ3) is 3.20. The summed E-state index contributed by atoms with van der Waals surface area (Å²) in [4.78, 5) is 35.7. The van der Waals surface area contributed by atoms with Gasteiger partial charge in [-0.2, -0.15) is 0 Å². The summed E-state index contributed by atoms with van der Waals surface area (Å²) >= 11 is 0. The topological polar surface area (TPSA) is 108 Å². The number of aromatic nitrogens is 1. The van der Waals surface area contributed by atoms with Crippen LogP contribution in [0, 0.1) is 0 Å². The molecule has 17 heavy (non-hydrogen) atoms. The molecule has 3 N–H and O–H groups in total. The van der Waals surface area contributed by atoms with Crippen molar-refractivity contribution in [3.05, 3.63) is 40.7 Å². The highest BCUT2D eigenvalue weighted by Gasteiger charge is 2.16. The van der Waals surface area contributed by atoms with Crippen LogP contribution in [0.5, 0.6) is 0 Å². The zero-order valence-corrected chi connectivity index (χ0v) is 8.73. The molecule has 0 saturated carbocycles. The number of pyridine rings is 1. The molecule has 1 aromatic heterocycles. The summed E-state index contributed by atoms with van der Waals surface area (Å²) in [7, 11) is 0. The third-order valence-corrected chi connectivity index (χ3v) is 1.73. The quantitative estimate of drug-likeness (QED) is 0.672. The number of aromatic amines is 1. The molecule has 0 bridgehead atoms. The predicted octanol–water partition coefficient (Wildman–Crippen LogP) is 0.808. The van der Waals surface area contributed by atoms with Gasteiger partial charge in [0.25, 0.3) is 0 Å². The second-order valence-electron chi connectivity index (χ2n) is 2.91. The molecule has 0 unspecified atom stereocenters. The molecule has 7 nitrogen and oxygen atoms in total. The number of rotatable bonds is 4. The fourth-order valence-electron chi connectivity index (χ4n) is 1.06. The summed E-state index contributed by atoms with van der Waals surface area (Å²) in [5.41, 5.74) is -1.27. The second-order valence-corrected chi connectivity index (χ2v) is 2.91. The number of nitrogens with one attached hydrogen (secondary N) is 2. The number of H-pyrrole nitrogens is 1.